The molecular formula is C34H41N3O6S. The number of nitrogens with zero attached hydrogens (tertiary/aromatic N) is 2. The number of aryl methyl sites for hydroxylation is 1. The fraction of sp³-hybridized carbons (Fsp3) is 0.412. The molecule has 3 aromatic carbocycles. The molecule has 5 rings (SSSR count). The molecule has 0 radical (unpaired) electrons. The van der Waals surface area contributed by atoms with Crippen LogP contribution in [0, 0.1) is 6.92 Å². The Morgan fingerprint density at radius 1 is 0.909 bits per heavy atom. The Balaban J connectivity index is 1.51. The maximum absolute atomic E-state index is 14.4. The summed E-state index contributed by atoms with van der Waals surface area (Å²) in [5.74, 6) is 0.0204. The molecular weight excluding hydrogens is 578 g/mol. The Hall–Kier alpha value is -4.05. The van der Waals surface area contributed by atoms with Gasteiger partial charge in [0.05, 0.1) is 11.4 Å². The van der Waals surface area contributed by atoms with E-state index in [1.807, 2.05) is 61.5 Å². The second-order valence-electron chi connectivity index (χ2n) is 11.5. The van der Waals surface area contributed by atoms with Crippen molar-refractivity contribution in [2.24, 2.45) is 0 Å². The van der Waals surface area contributed by atoms with Crippen molar-refractivity contribution >= 4 is 27.5 Å². The molecule has 1 N–H and O–H groups in total. The lowest BCUT2D eigenvalue weighted by molar-refractivity contribution is -0.140. The van der Waals surface area contributed by atoms with Gasteiger partial charge in [0.1, 0.15) is 12.6 Å². The number of sulfonamides is 1. The van der Waals surface area contributed by atoms with Gasteiger partial charge in [-0.2, -0.15) is 0 Å². The number of hydrogen-bond acceptors (Lipinski definition) is 6. The predicted molar refractivity (Wildman–Crippen MR) is 170 cm³/mol. The van der Waals surface area contributed by atoms with Crippen LogP contribution >= 0.6 is 0 Å². The molecule has 1 aliphatic carbocycles. The molecule has 1 saturated carbocycles. The van der Waals surface area contributed by atoms with E-state index >= 15 is 0 Å². The van der Waals surface area contributed by atoms with Gasteiger partial charge in [-0.1, -0.05) is 79.4 Å². The van der Waals surface area contributed by atoms with Crippen LogP contribution in [0.2, 0.25) is 0 Å². The van der Waals surface area contributed by atoms with E-state index in [-0.39, 0.29) is 31.0 Å². The zero-order chi connectivity index (χ0) is 31.1. The normalized spacial score (nSPS) is 15.4. The van der Waals surface area contributed by atoms with Crippen molar-refractivity contribution in [3.8, 4) is 11.5 Å². The third-order valence-corrected chi connectivity index (χ3v) is 10.0. The van der Waals surface area contributed by atoms with Crippen molar-refractivity contribution in [1.82, 2.24) is 10.2 Å². The number of ether oxygens (including phenoxy) is 2. The quantitative estimate of drug-likeness (QED) is 0.307. The van der Waals surface area contributed by atoms with E-state index in [2.05, 4.69) is 5.32 Å². The summed E-state index contributed by atoms with van der Waals surface area (Å²) in [6.45, 7) is 3.24. The molecule has 3 aromatic rings. The molecule has 2 aliphatic rings. The summed E-state index contributed by atoms with van der Waals surface area (Å²) < 4.78 is 38.9. The summed E-state index contributed by atoms with van der Waals surface area (Å²) in [4.78, 5) is 30.1. The number of fused-ring (bicyclic) bond motifs is 1. The third-order valence-electron chi connectivity index (χ3n) is 8.28. The molecule has 0 spiro atoms. The molecule has 44 heavy (non-hydrogen) atoms. The van der Waals surface area contributed by atoms with Crippen molar-refractivity contribution in [2.75, 3.05) is 23.4 Å². The maximum Gasteiger partial charge on any atom is 0.244 e. The molecule has 1 fully saturated rings. The summed E-state index contributed by atoms with van der Waals surface area (Å²) in [6.07, 6.45) is 5.37. The Morgan fingerprint density at radius 3 is 2.36 bits per heavy atom. The lowest BCUT2D eigenvalue weighted by Crippen LogP contribution is -2.55. The van der Waals surface area contributed by atoms with Crippen LogP contribution in [-0.4, -0.2) is 56.3 Å². The summed E-state index contributed by atoms with van der Waals surface area (Å²) in [5.41, 5.74) is 3.09. The average molecular weight is 620 g/mol. The number of rotatable bonds is 12. The average Bonchev–Trinajstić information content (AvgIpc) is 3.50. The van der Waals surface area contributed by atoms with E-state index in [1.165, 1.54) is 0 Å². The summed E-state index contributed by atoms with van der Waals surface area (Å²) in [6, 6.07) is 21.4. The van der Waals surface area contributed by atoms with Gasteiger partial charge in [-0.15, -0.1) is 0 Å². The van der Waals surface area contributed by atoms with Gasteiger partial charge in [-0.3, -0.25) is 13.9 Å². The van der Waals surface area contributed by atoms with Crippen LogP contribution < -0.4 is 19.1 Å². The lowest BCUT2D eigenvalue weighted by Gasteiger charge is -2.35. The molecule has 234 valence electrons. The molecule has 10 heteroatoms. The molecule has 0 saturated heterocycles. The van der Waals surface area contributed by atoms with E-state index in [0.29, 0.717) is 23.6 Å². The molecule has 9 nitrogen and oxygen atoms in total. The van der Waals surface area contributed by atoms with E-state index in [0.717, 1.165) is 53.1 Å². The number of anilines is 1. The van der Waals surface area contributed by atoms with Gasteiger partial charge >= 0.3 is 0 Å². The van der Waals surface area contributed by atoms with Gasteiger partial charge in [0.25, 0.3) is 0 Å². The Labute approximate surface area is 260 Å². The zero-order valence-corrected chi connectivity index (χ0v) is 26.2. The third kappa shape index (κ3) is 7.72. The fourth-order valence-corrected chi connectivity index (χ4v) is 6.92. The van der Waals surface area contributed by atoms with Crippen molar-refractivity contribution in [1.29, 1.82) is 0 Å². The first-order valence-electron chi connectivity index (χ1n) is 15.3. The number of hydrogen-bond donors (Lipinski definition) is 1. The number of nitrogens with one attached hydrogen (secondary N) is 1. The predicted octanol–water partition coefficient (Wildman–Crippen LogP) is 4.97. The van der Waals surface area contributed by atoms with Gasteiger partial charge in [-0.25, -0.2) is 8.42 Å². The number of amides is 2. The van der Waals surface area contributed by atoms with Gasteiger partial charge in [0, 0.05) is 25.1 Å². The van der Waals surface area contributed by atoms with Crippen molar-refractivity contribution < 1.29 is 27.5 Å². The molecule has 2 amide bonds. The summed E-state index contributed by atoms with van der Waals surface area (Å²) >= 11 is 0. The van der Waals surface area contributed by atoms with Gasteiger partial charge in [-0.05, 0) is 49.9 Å². The largest absolute Gasteiger partial charge is 0.454 e. The minimum absolute atomic E-state index is 0.0415. The van der Waals surface area contributed by atoms with E-state index in [1.54, 1.807) is 30.0 Å². The Bertz CT molecular complexity index is 1560. The van der Waals surface area contributed by atoms with E-state index in [4.69, 9.17) is 9.47 Å². The van der Waals surface area contributed by atoms with Crippen LogP contribution in [0.5, 0.6) is 11.5 Å². The van der Waals surface area contributed by atoms with Crippen LogP contribution in [0.3, 0.4) is 0 Å². The van der Waals surface area contributed by atoms with Gasteiger partial charge < -0.3 is 19.7 Å². The highest BCUT2D eigenvalue weighted by molar-refractivity contribution is 7.92. The summed E-state index contributed by atoms with van der Waals surface area (Å²) in [5, 5.41) is 3.23. The topological polar surface area (TPSA) is 105 Å². The highest BCUT2D eigenvalue weighted by Crippen LogP contribution is 2.36. The second-order valence-corrected chi connectivity index (χ2v) is 13.7. The van der Waals surface area contributed by atoms with Gasteiger partial charge in [0.2, 0.25) is 28.6 Å². The molecule has 0 bridgehead atoms. The maximum atomic E-state index is 14.4. The highest BCUT2D eigenvalue weighted by Gasteiger charge is 2.35. The van der Waals surface area contributed by atoms with Gasteiger partial charge in [0.15, 0.2) is 11.5 Å². The second kappa shape index (κ2) is 14.2. The Morgan fingerprint density at radius 2 is 1.64 bits per heavy atom. The molecule has 1 atom stereocenters. The fourth-order valence-electron chi connectivity index (χ4n) is 5.87. The van der Waals surface area contributed by atoms with E-state index < -0.39 is 28.5 Å². The SMILES string of the molecule is CCS(=O)(=O)N(CC(=O)N(Cc1cccc(C)c1)C(Cc1ccccc1)C(=O)NC1CCCCC1)c1ccc2c(c1)OCO2. The van der Waals surface area contributed by atoms with Crippen molar-refractivity contribution in [3.63, 3.8) is 0 Å². The minimum atomic E-state index is -3.88. The molecule has 1 unspecified atom stereocenters. The van der Waals surface area contributed by atoms with Crippen LogP contribution in [-0.2, 0) is 32.6 Å². The van der Waals surface area contributed by atoms with Crippen LogP contribution in [0.1, 0.15) is 55.7 Å². The van der Waals surface area contributed by atoms with Crippen molar-refractivity contribution in [3.05, 3.63) is 89.5 Å². The highest BCUT2D eigenvalue weighted by atomic mass is 32.2. The number of carbonyl (C=O) groups excluding carboxylic acids is 2. The first kappa shape index (κ1) is 31.4. The first-order chi connectivity index (χ1) is 21.2. The zero-order valence-electron chi connectivity index (χ0n) is 25.4. The van der Waals surface area contributed by atoms with Crippen LogP contribution in [0.4, 0.5) is 5.69 Å². The summed E-state index contributed by atoms with van der Waals surface area (Å²) in [7, 11) is -3.88. The lowest BCUT2D eigenvalue weighted by atomic mass is 9.94. The molecule has 1 heterocycles. The smallest absolute Gasteiger partial charge is 0.244 e. The standard InChI is InChI=1S/C34H41N3O6S/c1-3-44(40,41)37(29-17-18-31-32(21-29)43-24-42-31)23-33(38)36(22-27-14-10-11-25(2)19-27)30(20-26-12-6-4-7-13-26)34(39)35-28-15-8-5-9-16-28/h4,6-7,10-14,17-19,21,28,30H,3,5,8-9,15-16,20,22-24H2,1-2H3,(H,35,39). The van der Waals surface area contributed by atoms with Crippen LogP contribution in [0.15, 0.2) is 72.8 Å². The Kier molecular flexibility index (Phi) is 10.1. The molecule has 0 aromatic heterocycles. The van der Waals surface area contributed by atoms with Crippen LogP contribution in [0.25, 0.3) is 0 Å². The van der Waals surface area contributed by atoms with Crippen molar-refractivity contribution in [2.45, 2.75) is 71.0 Å². The number of benzene rings is 3. The monoisotopic (exact) mass is 619 g/mol. The first-order valence-corrected chi connectivity index (χ1v) is 16.9. The molecule has 1 aliphatic heterocycles. The number of carbonyl (C=O) groups is 2. The van der Waals surface area contributed by atoms with E-state index in [9.17, 15) is 18.0 Å². The minimum Gasteiger partial charge on any atom is -0.454 e.